The lowest BCUT2D eigenvalue weighted by atomic mass is 10.1. The minimum atomic E-state index is -0.492. The number of aromatic nitrogens is 2. The molecule has 0 spiro atoms. The fourth-order valence-corrected chi connectivity index (χ4v) is 4.48. The molecule has 1 heterocycles. The summed E-state index contributed by atoms with van der Waals surface area (Å²) in [6.45, 7) is 4.31. The lowest BCUT2D eigenvalue weighted by molar-refractivity contribution is -0.115. The molecule has 0 radical (unpaired) electrons. The van der Waals surface area contributed by atoms with Crippen LogP contribution in [-0.4, -0.2) is 22.5 Å². The molecule has 3 aromatic carbocycles. The highest BCUT2D eigenvalue weighted by Gasteiger charge is 2.25. The molecule has 0 aliphatic rings. The summed E-state index contributed by atoms with van der Waals surface area (Å²) >= 11 is 1.43. The number of para-hydroxylation sites is 3. The van der Waals surface area contributed by atoms with E-state index in [0.29, 0.717) is 23.9 Å². The number of hydrogen-bond donors (Lipinski definition) is 1. The van der Waals surface area contributed by atoms with Gasteiger partial charge in [-0.2, -0.15) is 0 Å². The summed E-state index contributed by atoms with van der Waals surface area (Å²) in [5, 5.41) is 4.27. The van der Waals surface area contributed by atoms with E-state index in [2.05, 4.69) is 15.3 Å². The van der Waals surface area contributed by atoms with Gasteiger partial charge in [-0.25, -0.2) is 9.97 Å². The Kier molecular flexibility index (Phi) is 6.48. The number of thioether (sulfide) groups is 1. The van der Waals surface area contributed by atoms with E-state index in [-0.39, 0.29) is 5.91 Å². The molecule has 5 nitrogen and oxygen atoms in total. The number of carbonyl (C=O) groups excluding carboxylic acids is 1. The number of fused-ring (bicyclic) bond motifs is 1. The van der Waals surface area contributed by atoms with E-state index >= 15 is 0 Å². The minimum Gasteiger partial charge on any atom is -0.492 e. The molecule has 6 heteroatoms. The molecule has 4 aromatic rings. The highest BCUT2D eigenvalue weighted by molar-refractivity contribution is 8.00. The van der Waals surface area contributed by atoms with Crippen LogP contribution >= 0.6 is 11.8 Å². The molecule has 0 fully saturated rings. The number of nitrogens with one attached hydrogen (secondary N) is 1. The summed E-state index contributed by atoms with van der Waals surface area (Å²) in [6, 6.07) is 25.1. The van der Waals surface area contributed by atoms with Crippen molar-refractivity contribution in [2.45, 2.75) is 24.1 Å². The molecule has 0 unspecified atom stereocenters. The largest absolute Gasteiger partial charge is 0.492 e. The maximum Gasteiger partial charge on any atom is 0.242 e. The van der Waals surface area contributed by atoms with Crippen molar-refractivity contribution in [1.29, 1.82) is 0 Å². The number of carbonyl (C=O) groups is 1. The molecule has 1 aromatic heterocycles. The highest BCUT2D eigenvalue weighted by atomic mass is 32.2. The van der Waals surface area contributed by atoms with Gasteiger partial charge in [0, 0.05) is 5.39 Å². The summed E-state index contributed by atoms with van der Waals surface area (Å²) in [7, 11) is 0. The molecule has 0 aliphatic heterocycles. The van der Waals surface area contributed by atoms with Gasteiger partial charge in [0.2, 0.25) is 5.91 Å². The highest BCUT2D eigenvalue weighted by Crippen LogP contribution is 2.39. The maximum atomic E-state index is 13.5. The molecule has 1 atom stereocenters. The van der Waals surface area contributed by atoms with E-state index in [4.69, 9.17) is 4.74 Å². The first-order valence-corrected chi connectivity index (χ1v) is 11.0. The van der Waals surface area contributed by atoms with E-state index in [1.54, 1.807) is 0 Å². The van der Waals surface area contributed by atoms with Crippen LogP contribution in [0.1, 0.15) is 23.6 Å². The standard InChI is InChI=1S/C25H23N3O2S/c1-3-30-22-16-10-9-15-21(22)28-24(29)23(18-11-5-4-6-12-18)31-25-19-13-7-8-14-20(19)26-17(2)27-25/h4-16,23H,3H2,1-2H3,(H,28,29)/t23-/m1/s1. The normalized spacial score (nSPS) is 11.8. The van der Waals surface area contributed by atoms with Gasteiger partial charge in [0.15, 0.2) is 0 Å². The Hall–Kier alpha value is -3.38. The van der Waals surface area contributed by atoms with Gasteiger partial charge in [0.05, 0.1) is 17.8 Å². The number of amides is 1. The number of nitrogens with zero attached hydrogens (tertiary/aromatic N) is 2. The Bertz CT molecular complexity index is 1200. The van der Waals surface area contributed by atoms with Gasteiger partial charge in [0.25, 0.3) is 0 Å². The summed E-state index contributed by atoms with van der Waals surface area (Å²) in [4.78, 5) is 22.6. The molecule has 0 saturated carbocycles. The van der Waals surface area contributed by atoms with Crippen LogP contribution in [0.2, 0.25) is 0 Å². The van der Waals surface area contributed by atoms with Crippen LogP contribution in [0.25, 0.3) is 10.9 Å². The first-order chi connectivity index (χ1) is 15.2. The van der Waals surface area contributed by atoms with E-state index in [1.165, 1.54) is 11.8 Å². The number of anilines is 1. The van der Waals surface area contributed by atoms with Crippen molar-refractivity contribution in [2.24, 2.45) is 0 Å². The molecule has 0 bridgehead atoms. The summed E-state index contributed by atoms with van der Waals surface area (Å²) in [6.07, 6.45) is 0. The van der Waals surface area contributed by atoms with E-state index in [9.17, 15) is 4.79 Å². The predicted octanol–water partition coefficient (Wildman–Crippen LogP) is 5.81. The van der Waals surface area contributed by atoms with Crippen molar-refractivity contribution in [2.75, 3.05) is 11.9 Å². The van der Waals surface area contributed by atoms with Crippen molar-refractivity contribution in [3.05, 3.63) is 90.3 Å². The van der Waals surface area contributed by atoms with Crippen molar-refractivity contribution in [3.8, 4) is 5.75 Å². The molecule has 0 aliphatic carbocycles. The second-order valence-corrected chi connectivity index (χ2v) is 8.01. The third-order valence-corrected chi connectivity index (χ3v) is 5.95. The van der Waals surface area contributed by atoms with Crippen molar-refractivity contribution in [1.82, 2.24) is 9.97 Å². The van der Waals surface area contributed by atoms with Crippen molar-refractivity contribution >= 4 is 34.3 Å². The Balaban J connectivity index is 1.71. The lowest BCUT2D eigenvalue weighted by Gasteiger charge is -2.19. The number of aryl methyl sites for hydroxylation is 1. The van der Waals surface area contributed by atoms with Crippen LogP contribution < -0.4 is 10.1 Å². The molecule has 1 amide bonds. The van der Waals surface area contributed by atoms with Crippen LogP contribution in [0.3, 0.4) is 0 Å². The predicted molar refractivity (Wildman–Crippen MR) is 126 cm³/mol. The van der Waals surface area contributed by atoms with Crippen molar-refractivity contribution < 1.29 is 9.53 Å². The van der Waals surface area contributed by atoms with Crippen LogP contribution in [0.5, 0.6) is 5.75 Å². The van der Waals surface area contributed by atoms with Gasteiger partial charge in [-0.05, 0) is 37.6 Å². The van der Waals surface area contributed by atoms with Gasteiger partial charge < -0.3 is 10.1 Å². The van der Waals surface area contributed by atoms with Crippen LogP contribution in [0, 0.1) is 6.92 Å². The Morgan fingerprint density at radius 3 is 2.48 bits per heavy atom. The second-order valence-electron chi connectivity index (χ2n) is 6.92. The number of rotatable bonds is 7. The Labute approximate surface area is 185 Å². The summed E-state index contributed by atoms with van der Waals surface area (Å²) in [5.41, 5.74) is 2.42. The monoisotopic (exact) mass is 429 g/mol. The average Bonchev–Trinajstić information content (AvgIpc) is 2.79. The molecule has 1 N–H and O–H groups in total. The summed E-state index contributed by atoms with van der Waals surface area (Å²) < 4.78 is 5.67. The van der Waals surface area contributed by atoms with Crippen molar-refractivity contribution in [3.63, 3.8) is 0 Å². The van der Waals surface area contributed by atoms with E-state index < -0.39 is 5.25 Å². The van der Waals surface area contributed by atoms with Gasteiger partial charge >= 0.3 is 0 Å². The second kappa shape index (κ2) is 9.62. The van der Waals surface area contributed by atoms with Crippen LogP contribution in [-0.2, 0) is 4.79 Å². The number of benzene rings is 3. The number of ether oxygens (including phenoxy) is 1. The van der Waals surface area contributed by atoms with E-state index in [1.807, 2.05) is 92.7 Å². The van der Waals surface area contributed by atoms with Gasteiger partial charge in [-0.1, -0.05) is 72.4 Å². The van der Waals surface area contributed by atoms with Gasteiger partial charge in [0.1, 0.15) is 21.8 Å². The smallest absolute Gasteiger partial charge is 0.242 e. The molecule has 156 valence electrons. The lowest BCUT2D eigenvalue weighted by Crippen LogP contribution is -2.19. The summed E-state index contributed by atoms with van der Waals surface area (Å²) in [5.74, 6) is 1.19. The number of hydrogen-bond acceptors (Lipinski definition) is 5. The average molecular weight is 430 g/mol. The quantitative estimate of drug-likeness (QED) is 0.297. The Morgan fingerprint density at radius 1 is 0.968 bits per heavy atom. The fourth-order valence-electron chi connectivity index (χ4n) is 3.31. The van der Waals surface area contributed by atoms with Gasteiger partial charge in [-0.15, -0.1) is 0 Å². The molecular formula is C25H23N3O2S. The van der Waals surface area contributed by atoms with Crippen LogP contribution in [0.15, 0.2) is 83.9 Å². The third-order valence-electron chi connectivity index (χ3n) is 4.69. The molecular weight excluding hydrogens is 406 g/mol. The first kappa shape index (κ1) is 20.9. The molecule has 31 heavy (non-hydrogen) atoms. The maximum absolute atomic E-state index is 13.5. The minimum absolute atomic E-state index is 0.135. The molecule has 4 rings (SSSR count). The van der Waals surface area contributed by atoms with Crippen LogP contribution in [0.4, 0.5) is 5.69 Å². The van der Waals surface area contributed by atoms with E-state index in [0.717, 1.165) is 21.5 Å². The Morgan fingerprint density at radius 2 is 1.68 bits per heavy atom. The fraction of sp³-hybridized carbons (Fsp3) is 0.160. The zero-order valence-electron chi connectivity index (χ0n) is 17.4. The first-order valence-electron chi connectivity index (χ1n) is 10.1. The zero-order chi connectivity index (χ0) is 21.6. The molecule has 0 saturated heterocycles. The SMILES string of the molecule is CCOc1ccccc1NC(=O)[C@H](Sc1nc(C)nc2ccccc12)c1ccccc1. The zero-order valence-corrected chi connectivity index (χ0v) is 18.2. The topological polar surface area (TPSA) is 64.1 Å². The van der Waals surface area contributed by atoms with Gasteiger partial charge in [-0.3, -0.25) is 4.79 Å². The third kappa shape index (κ3) is 4.86.